The summed E-state index contributed by atoms with van der Waals surface area (Å²) in [5, 5.41) is 1.56. The maximum atomic E-state index is 12.2. The molecule has 0 fully saturated rings. The minimum atomic E-state index is -4.68. The summed E-state index contributed by atoms with van der Waals surface area (Å²) in [6.45, 7) is 0. The van der Waals surface area contributed by atoms with E-state index in [1.54, 1.807) is 24.5 Å². The number of hydrogen-bond acceptors (Lipinski definition) is 2. The highest BCUT2D eigenvalue weighted by Crippen LogP contribution is 2.32. The number of halogens is 3. The highest BCUT2D eigenvalue weighted by Gasteiger charge is 2.31. The van der Waals surface area contributed by atoms with Crippen LogP contribution in [0.2, 0.25) is 0 Å². The number of aromatic nitrogens is 2. The molecule has 6 heteroatoms. The van der Waals surface area contributed by atoms with Crippen LogP contribution in [0.25, 0.3) is 21.8 Å². The van der Waals surface area contributed by atoms with E-state index < -0.39 is 6.36 Å². The van der Waals surface area contributed by atoms with Gasteiger partial charge in [-0.25, -0.2) is 0 Å². The van der Waals surface area contributed by atoms with Crippen molar-refractivity contribution in [3.05, 3.63) is 36.7 Å². The second kappa shape index (κ2) is 3.88. The second-order valence-electron chi connectivity index (χ2n) is 4.18. The lowest BCUT2D eigenvalue weighted by molar-refractivity contribution is -0.274. The first-order chi connectivity index (χ1) is 8.96. The van der Waals surface area contributed by atoms with Gasteiger partial charge in [-0.3, -0.25) is 4.98 Å². The van der Waals surface area contributed by atoms with Gasteiger partial charge in [-0.2, -0.15) is 0 Å². The Morgan fingerprint density at radius 2 is 1.89 bits per heavy atom. The minimum Gasteiger partial charge on any atom is -0.406 e. The van der Waals surface area contributed by atoms with Crippen molar-refractivity contribution in [3.8, 4) is 5.75 Å². The van der Waals surface area contributed by atoms with E-state index in [1.165, 1.54) is 12.1 Å². The average Bonchev–Trinajstić information content (AvgIpc) is 2.62. The molecule has 2 aromatic heterocycles. The first-order valence-corrected chi connectivity index (χ1v) is 5.53. The molecule has 3 aromatic rings. The fourth-order valence-corrected chi connectivity index (χ4v) is 2.23. The number of aryl methyl sites for hydroxylation is 1. The number of rotatable bonds is 1. The lowest BCUT2D eigenvalue weighted by atomic mass is 10.2. The van der Waals surface area contributed by atoms with Crippen molar-refractivity contribution in [3.63, 3.8) is 0 Å². The van der Waals surface area contributed by atoms with Crippen molar-refractivity contribution >= 4 is 21.8 Å². The predicted octanol–water partition coefficient (Wildman–Crippen LogP) is 3.63. The van der Waals surface area contributed by atoms with Crippen LogP contribution in [0.3, 0.4) is 0 Å². The van der Waals surface area contributed by atoms with Gasteiger partial charge in [0.15, 0.2) is 0 Å². The lowest BCUT2D eigenvalue weighted by Gasteiger charge is -2.08. The molecule has 0 saturated heterocycles. The highest BCUT2D eigenvalue weighted by molar-refractivity contribution is 6.08. The molecule has 0 bridgehead atoms. The molecular formula is C13H9F3N2O. The van der Waals surface area contributed by atoms with Crippen molar-refractivity contribution in [1.82, 2.24) is 9.55 Å². The largest absolute Gasteiger partial charge is 0.573 e. The molecule has 98 valence electrons. The molecule has 0 atom stereocenters. The van der Waals surface area contributed by atoms with E-state index >= 15 is 0 Å². The van der Waals surface area contributed by atoms with Crippen LogP contribution in [-0.2, 0) is 7.05 Å². The molecule has 2 heterocycles. The zero-order chi connectivity index (χ0) is 13.6. The van der Waals surface area contributed by atoms with Gasteiger partial charge in [-0.05, 0) is 24.3 Å². The summed E-state index contributed by atoms with van der Waals surface area (Å²) in [6, 6.07) is 6.08. The van der Waals surface area contributed by atoms with E-state index in [-0.39, 0.29) is 5.75 Å². The van der Waals surface area contributed by atoms with Gasteiger partial charge < -0.3 is 9.30 Å². The van der Waals surface area contributed by atoms with Gasteiger partial charge in [0.1, 0.15) is 5.75 Å². The summed E-state index contributed by atoms with van der Waals surface area (Å²) >= 11 is 0. The van der Waals surface area contributed by atoms with Crippen molar-refractivity contribution in [2.45, 2.75) is 6.36 Å². The molecule has 0 aliphatic heterocycles. The zero-order valence-electron chi connectivity index (χ0n) is 9.90. The average molecular weight is 266 g/mol. The zero-order valence-corrected chi connectivity index (χ0v) is 9.90. The van der Waals surface area contributed by atoms with Crippen LogP contribution in [0.1, 0.15) is 0 Å². The van der Waals surface area contributed by atoms with Gasteiger partial charge in [0, 0.05) is 29.5 Å². The molecular weight excluding hydrogens is 257 g/mol. The summed E-state index contributed by atoms with van der Waals surface area (Å²) in [5.41, 5.74) is 1.69. The number of pyridine rings is 1. The Morgan fingerprint density at radius 3 is 2.63 bits per heavy atom. The molecule has 0 radical (unpaired) electrons. The van der Waals surface area contributed by atoms with Crippen LogP contribution in [-0.4, -0.2) is 15.9 Å². The Balaban J connectivity index is 2.25. The normalized spacial score (nSPS) is 12.2. The van der Waals surface area contributed by atoms with Gasteiger partial charge in [0.05, 0.1) is 11.7 Å². The van der Waals surface area contributed by atoms with E-state index in [0.717, 1.165) is 16.4 Å². The Kier molecular flexibility index (Phi) is 2.41. The Hall–Kier alpha value is -2.24. The number of fused-ring (bicyclic) bond motifs is 3. The predicted molar refractivity (Wildman–Crippen MR) is 64.9 cm³/mol. The molecule has 0 amide bonds. The Labute approximate surface area is 106 Å². The Morgan fingerprint density at radius 1 is 1.11 bits per heavy atom. The topological polar surface area (TPSA) is 27.1 Å². The number of hydrogen-bond donors (Lipinski definition) is 0. The molecule has 0 saturated carbocycles. The van der Waals surface area contributed by atoms with Crippen LogP contribution < -0.4 is 4.74 Å². The fourth-order valence-electron chi connectivity index (χ4n) is 2.23. The smallest absolute Gasteiger partial charge is 0.406 e. The van der Waals surface area contributed by atoms with Crippen molar-refractivity contribution in [2.24, 2.45) is 7.05 Å². The van der Waals surface area contributed by atoms with E-state index in [2.05, 4.69) is 9.72 Å². The number of benzene rings is 1. The van der Waals surface area contributed by atoms with Crippen LogP contribution in [0.4, 0.5) is 13.2 Å². The first kappa shape index (κ1) is 11.8. The van der Waals surface area contributed by atoms with E-state index in [0.29, 0.717) is 5.39 Å². The quantitative estimate of drug-likeness (QED) is 0.672. The summed E-state index contributed by atoms with van der Waals surface area (Å²) in [5.74, 6) is -0.218. The lowest BCUT2D eigenvalue weighted by Crippen LogP contribution is -2.16. The molecule has 1 aromatic carbocycles. The maximum absolute atomic E-state index is 12.2. The first-order valence-electron chi connectivity index (χ1n) is 5.53. The SMILES string of the molecule is Cn1c2ccc(OC(F)(F)F)cc2c2ccncc21. The molecule has 0 unspecified atom stereocenters. The number of ether oxygens (including phenoxy) is 1. The van der Waals surface area contributed by atoms with Crippen molar-refractivity contribution < 1.29 is 17.9 Å². The van der Waals surface area contributed by atoms with Crippen LogP contribution in [0.5, 0.6) is 5.75 Å². The standard InChI is InChI=1S/C13H9F3N2O/c1-18-11-3-2-8(19-13(14,15)16)6-10(11)9-4-5-17-7-12(9)18/h2-7H,1H3. The Bertz CT molecular complexity index is 761. The van der Waals surface area contributed by atoms with E-state index in [1.807, 2.05) is 11.6 Å². The summed E-state index contributed by atoms with van der Waals surface area (Å²) in [6.07, 6.45) is -1.39. The second-order valence-corrected chi connectivity index (χ2v) is 4.18. The third-order valence-electron chi connectivity index (χ3n) is 3.01. The van der Waals surface area contributed by atoms with E-state index in [9.17, 15) is 13.2 Å². The van der Waals surface area contributed by atoms with Gasteiger partial charge >= 0.3 is 6.36 Å². The summed E-state index contributed by atoms with van der Waals surface area (Å²) < 4.78 is 42.5. The van der Waals surface area contributed by atoms with Gasteiger partial charge in [0.2, 0.25) is 0 Å². The van der Waals surface area contributed by atoms with Gasteiger partial charge in [-0.15, -0.1) is 13.2 Å². The number of nitrogens with zero attached hydrogens (tertiary/aromatic N) is 2. The number of alkyl halides is 3. The van der Waals surface area contributed by atoms with Crippen LogP contribution in [0.15, 0.2) is 36.7 Å². The summed E-state index contributed by atoms with van der Waals surface area (Å²) in [7, 11) is 1.84. The molecule has 0 aliphatic carbocycles. The molecule has 3 nitrogen and oxygen atoms in total. The minimum absolute atomic E-state index is 0.218. The van der Waals surface area contributed by atoms with E-state index in [4.69, 9.17) is 0 Å². The van der Waals surface area contributed by atoms with Crippen LogP contribution >= 0.6 is 0 Å². The van der Waals surface area contributed by atoms with Gasteiger partial charge in [-0.1, -0.05) is 0 Å². The maximum Gasteiger partial charge on any atom is 0.573 e. The third-order valence-corrected chi connectivity index (χ3v) is 3.01. The molecule has 19 heavy (non-hydrogen) atoms. The highest BCUT2D eigenvalue weighted by atomic mass is 19.4. The fraction of sp³-hybridized carbons (Fsp3) is 0.154. The molecule has 0 aliphatic rings. The van der Waals surface area contributed by atoms with Crippen molar-refractivity contribution in [1.29, 1.82) is 0 Å². The molecule has 0 spiro atoms. The van der Waals surface area contributed by atoms with Gasteiger partial charge in [0.25, 0.3) is 0 Å². The third kappa shape index (κ3) is 1.99. The summed E-state index contributed by atoms with van der Waals surface area (Å²) in [4.78, 5) is 4.02. The molecule has 3 rings (SSSR count). The van der Waals surface area contributed by atoms with Crippen LogP contribution in [0, 0.1) is 0 Å². The molecule has 0 N–H and O–H groups in total. The van der Waals surface area contributed by atoms with Crippen molar-refractivity contribution in [2.75, 3.05) is 0 Å². The monoisotopic (exact) mass is 266 g/mol.